The van der Waals surface area contributed by atoms with Gasteiger partial charge in [0.2, 0.25) is 17.7 Å². The summed E-state index contributed by atoms with van der Waals surface area (Å²) >= 11 is 0. The summed E-state index contributed by atoms with van der Waals surface area (Å²) in [5, 5.41) is 18.1. The molecule has 284 valence electrons. The minimum atomic E-state index is -1.05. The van der Waals surface area contributed by atoms with E-state index in [0.717, 1.165) is 11.1 Å². The van der Waals surface area contributed by atoms with Crippen LogP contribution in [0.3, 0.4) is 0 Å². The zero-order valence-corrected chi connectivity index (χ0v) is 31.1. The summed E-state index contributed by atoms with van der Waals surface area (Å²) in [7, 11) is 1.56. The molecule has 0 aliphatic carbocycles. The molecule has 4 aromatic rings. The maximum absolute atomic E-state index is 14.1. The first-order valence-electron chi connectivity index (χ1n) is 18.2. The summed E-state index contributed by atoms with van der Waals surface area (Å²) in [6.07, 6.45) is 3.23. The molecule has 0 saturated carbocycles. The topological polar surface area (TPSA) is 188 Å². The van der Waals surface area contributed by atoms with E-state index in [2.05, 4.69) is 36.4 Å². The van der Waals surface area contributed by atoms with Crippen molar-refractivity contribution in [2.75, 3.05) is 20.2 Å². The number of aromatic nitrogens is 3. The predicted molar refractivity (Wildman–Crippen MR) is 202 cm³/mol. The fourth-order valence-electron chi connectivity index (χ4n) is 6.18. The second-order valence-corrected chi connectivity index (χ2v) is 13.5. The quantitative estimate of drug-likeness (QED) is 0.179. The second-order valence-electron chi connectivity index (χ2n) is 13.5. The first-order chi connectivity index (χ1) is 26.1. The third-order valence-corrected chi connectivity index (χ3v) is 9.62. The number of methoxy groups -OCH3 is 1. The molecule has 0 saturated heterocycles. The summed E-state index contributed by atoms with van der Waals surface area (Å²) in [6, 6.07) is 18.3. The Balaban J connectivity index is 1.41. The molecular weight excluding hydrogens is 688 g/mol. The van der Waals surface area contributed by atoms with Crippen LogP contribution in [0.2, 0.25) is 0 Å². The number of H-pyrrole nitrogens is 1. The summed E-state index contributed by atoms with van der Waals surface area (Å²) < 4.78 is 5.26. The average Bonchev–Trinajstić information content (AvgIpc) is 3.73. The number of rotatable bonds is 7. The van der Waals surface area contributed by atoms with Gasteiger partial charge in [0.05, 0.1) is 12.7 Å². The van der Waals surface area contributed by atoms with E-state index in [0.29, 0.717) is 60.6 Å². The number of carbonyl (C=O) groups excluding carboxylic acids is 5. The number of ether oxygens (including phenoxy) is 1. The fourth-order valence-corrected chi connectivity index (χ4v) is 6.18. The Morgan fingerprint density at radius 2 is 1.65 bits per heavy atom. The standard InChI is InChI=1S/C40H48N8O6/c1-5-25(2)34-39(52)45-33(22-27-14-18-30(54-4)19-15-27)38(51)44-26(3)36(49)41-20-8-9-21-48(23-28-12-16-29(17-13-28)37(50)46-34)40(53)32-11-7-6-10-31(32)35-42-24-43-47-35/h6-7,10-19,24-26,33-34H,5,8-9,20-23H2,1-4H3,(H,41,49)(H,44,51)(H,45,52)(H,46,50)(H,42,43,47)/t25-,26+,33-,34?/m0/s1. The van der Waals surface area contributed by atoms with Crippen LogP contribution in [0.25, 0.3) is 11.4 Å². The number of amides is 5. The number of fused-ring (bicyclic) bond motifs is 18. The van der Waals surface area contributed by atoms with Crippen LogP contribution in [0.4, 0.5) is 0 Å². The second kappa shape index (κ2) is 18.6. The zero-order chi connectivity index (χ0) is 38.6. The first kappa shape index (κ1) is 39.2. The molecule has 0 radical (unpaired) electrons. The van der Waals surface area contributed by atoms with Gasteiger partial charge in [0.25, 0.3) is 11.8 Å². The van der Waals surface area contributed by atoms with Crippen molar-refractivity contribution in [2.45, 2.75) is 71.1 Å². The van der Waals surface area contributed by atoms with Gasteiger partial charge in [0.15, 0.2) is 5.82 Å². The predicted octanol–water partition coefficient (Wildman–Crippen LogP) is 3.41. The van der Waals surface area contributed by atoms with Crippen LogP contribution < -0.4 is 26.0 Å². The molecule has 6 rings (SSSR count). The Hall–Kier alpha value is -6.05. The van der Waals surface area contributed by atoms with E-state index >= 15 is 0 Å². The number of carbonyl (C=O) groups is 5. The number of nitrogens with one attached hydrogen (secondary N) is 5. The van der Waals surface area contributed by atoms with Crippen molar-refractivity contribution in [1.29, 1.82) is 0 Å². The Bertz CT molecular complexity index is 1900. The highest BCUT2D eigenvalue weighted by atomic mass is 16.5. The summed E-state index contributed by atoms with van der Waals surface area (Å²) in [6.45, 7) is 6.30. The van der Waals surface area contributed by atoms with E-state index in [1.165, 1.54) is 6.33 Å². The van der Waals surface area contributed by atoms with E-state index < -0.39 is 35.8 Å². The first-order valence-corrected chi connectivity index (χ1v) is 18.2. The van der Waals surface area contributed by atoms with Crippen LogP contribution in [-0.2, 0) is 27.3 Å². The summed E-state index contributed by atoms with van der Waals surface area (Å²) in [5.41, 5.74) is 2.96. The number of hydrogen-bond acceptors (Lipinski definition) is 8. The average molecular weight is 737 g/mol. The van der Waals surface area contributed by atoms with E-state index in [1.807, 2.05) is 19.9 Å². The van der Waals surface area contributed by atoms with E-state index in [9.17, 15) is 24.0 Å². The van der Waals surface area contributed by atoms with Crippen LogP contribution in [0, 0.1) is 5.92 Å². The van der Waals surface area contributed by atoms with Crippen LogP contribution in [-0.4, -0.2) is 87.9 Å². The van der Waals surface area contributed by atoms with E-state index in [4.69, 9.17) is 4.74 Å². The lowest BCUT2D eigenvalue weighted by Gasteiger charge is -2.27. The molecule has 1 aromatic heterocycles. The van der Waals surface area contributed by atoms with Gasteiger partial charge in [-0.25, -0.2) is 4.98 Å². The molecule has 2 bridgehead atoms. The molecule has 5 amide bonds. The zero-order valence-electron chi connectivity index (χ0n) is 31.1. The van der Waals surface area contributed by atoms with Crippen LogP contribution in [0.5, 0.6) is 5.75 Å². The third kappa shape index (κ3) is 10.1. The van der Waals surface area contributed by atoms with Gasteiger partial charge >= 0.3 is 0 Å². The van der Waals surface area contributed by atoms with Gasteiger partial charge < -0.3 is 30.9 Å². The van der Waals surface area contributed by atoms with Gasteiger partial charge in [-0.05, 0) is 67.1 Å². The van der Waals surface area contributed by atoms with Crippen molar-refractivity contribution in [3.63, 3.8) is 0 Å². The Kier molecular flexibility index (Phi) is 13.5. The molecule has 1 unspecified atom stereocenters. The number of aromatic amines is 1. The molecule has 14 heteroatoms. The third-order valence-electron chi connectivity index (χ3n) is 9.62. The normalized spacial score (nSPS) is 19.8. The van der Waals surface area contributed by atoms with Crippen molar-refractivity contribution >= 4 is 29.5 Å². The lowest BCUT2D eigenvalue weighted by molar-refractivity contribution is -0.132. The molecule has 54 heavy (non-hydrogen) atoms. The minimum Gasteiger partial charge on any atom is -0.497 e. The smallest absolute Gasteiger partial charge is 0.254 e. The van der Waals surface area contributed by atoms with Gasteiger partial charge in [-0.1, -0.05) is 62.7 Å². The van der Waals surface area contributed by atoms with Crippen molar-refractivity contribution in [1.82, 2.24) is 41.3 Å². The number of nitrogens with zero attached hydrogens (tertiary/aromatic N) is 3. The monoisotopic (exact) mass is 736 g/mol. The molecule has 4 atom stereocenters. The molecule has 0 spiro atoms. The van der Waals surface area contributed by atoms with Crippen LogP contribution >= 0.6 is 0 Å². The summed E-state index contributed by atoms with van der Waals surface area (Å²) in [5.74, 6) is -1.28. The van der Waals surface area contributed by atoms with Crippen molar-refractivity contribution in [2.24, 2.45) is 5.92 Å². The largest absolute Gasteiger partial charge is 0.497 e. The van der Waals surface area contributed by atoms with Gasteiger partial charge in [-0.3, -0.25) is 29.1 Å². The molecule has 2 aliphatic rings. The van der Waals surface area contributed by atoms with Crippen LogP contribution in [0.1, 0.15) is 71.9 Å². The number of hydrogen-bond donors (Lipinski definition) is 5. The molecule has 5 N–H and O–H groups in total. The molecule has 3 aromatic carbocycles. The molecule has 14 nitrogen and oxygen atoms in total. The van der Waals surface area contributed by atoms with Gasteiger partial charge in [0, 0.05) is 37.2 Å². The number of benzene rings is 3. The molecule has 2 aliphatic heterocycles. The fraction of sp³-hybridized carbons (Fsp3) is 0.375. The van der Waals surface area contributed by atoms with Crippen molar-refractivity contribution < 1.29 is 28.7 Å². The van der Waals surface area contributed by atoms with Gasteiger partial charge in [-0.15, -0.1) is 0 Å². The lowest BCUT2D eigenvalue weighted by Crippen LogP contribution is -2.58. The highest BCUT2D eigenvalue weighted by molar-refractivity contribution is 6.00. The Labute approximate surface area is 314 Å². The Morgan fingerprint density at radius 3 is 2.33 bits per heavy atom. The SMILES string of the molecule is CC[C@H](C)C1NC(=O)c2ccc(cc2)CN(C(=O)c2ccccc2-c2ncn[nH]2)CCCCNC(=O)[C@@H](C)NC(=O)[C@H](Cc2ccc(OC)cc2)NC1=O. The van der Waals surface area contributed by atoms with Crippen molar-refractivity contribution in [3.05, 3.63) is 101 Å². The maximum Gasteiger partial charge on any atom is 0.254 e. The minimum absolute atomic E-state index is 0.136. The maximum atomic E-state index is 14.1. The lowest BCUT2D eigenvalue weighted by atomic mass is 9.96. The van der Waals surface area contributed by atoms with Crippen LogP contribution in [0.15, 0.2) is 79.1 Å². The molecule has 3 heterocycles. The summed E-state index contributed by atoms with van der Waals surface area (Å²) in [4.78, 5) is 74.4. The van der Waals surface area contributed by atoms with E-state index in [1.54, 1.807) is 85.7 Å². The van der Waals surface area contributed by atoms with E-state index in [-0.39, 0.29) is 30.7 Å². The molecule has 0 fully saturated rings. The Morgan fingerprint density at radius 1 is 0.907 bits per heavy atom. The highest BCUT2D eigenvalue weighted by Gasteiger charge is 2.31. The van der Waals surface area contributed by atoms with Crippen molar-refractivity contribution in [3.8, 4) is 17.1 Å². The van der Waals surface area contributed by atoms with Gasteiger partial charge in [0.1, 0.15) is 30.2 Å². The van der Waals surface area contributed by atoms with Gasteiger partial charge in [-0.2, -0.15) is 5.10 Å². The molecular formula is C40H48N8O6. The highest BCUT2D eigenvalue weighted by Crippen LogP contribution is 2.23.